The van der Waals surface area contributed by atoms with Crippen LogP contribution in [0.25, 0.3) is 16.6 Å². The first-order valence-electron chi connectivity index (χ1n) is 9.82. The monoisotopic (exact) mass is 485 g/mol. The molecular formula is C19H18F3N5O5S. The van der Waals surface area contributed by atoms with Gasteiger partial charge in [-0.25, -0.2) is 18.2 Å². The van der Waals surface area contributed by atoms with E-state index < -0.39 is 61.4 Å². The summed E-state index contributed by atoms with van der Waals surface area (Å²) >= 11 is 0. The van der Waals surface area contributed by atoms with Crippen molar-refractivity contribution in [3.05, 3.63) is 57.3 Å². The number of nitrogens with zero attached hydrogens (tertiary/aromatic N) is 4. The Kier molecular flexibility index (Phi) is 5.42. The van der Waals surface area contributed by atoms with Gasteiger partial charge in [0.15, 0.2) is 0 Å². The number of aromatic nitrogens is 4. The molecule has 2 heterocycles. The minimum atomic E-state index is -4.84. The van der Waals surface area contributed by atoms with Gasteiger partial charge in [0.1, 0.15) is 0 Å². The van der Waals surface area contributed by atoms with E-state index in [0.29, 0.717) is 38.0 Å². The molecule has 0 unspecified atom stereocenters. The second-order valence-corrected chi connectivity index (χ2v) is 9.57. The molecule has 2 aromatic heterocycles. The molecule has 10 nitrogen and oxygen atoms in total. The Hall–Kier alpha value is -3.42. The molecule has 14 heteroatoms. The molecule has 33 heavy (non-hydrogen) atoms. The minimum absolute atomic E-state index is 0.109. The van der Waals surface area contributed by atoms with Crippen molar-refractivity contribution in [2.75, 3.05) is 10.7 Å². The summed E-state index contributed by atoms with van der Waals surface area (Å²) in [6.07, 6.45) is 1.55. The van der Waals surface area contributed by atoms with Gasteiger partial charge in [-0.15, -0.1) is 9.09 Å². The molecule has 1 saturated carbocycles. The molecule has 0 radical (unpaired) electrons. The van der Waals surface area contributed by atoms with Gasteiger partial charge in [0.2, 0.25) is 0 Å². The Morgan fingerprint density at radius 1 is 1.21 bits per heavy atom. The number of nitrogens with one attached hydrogen (secondary N) is 1. The van der Waals surface area contributed by atoms with Crippen LogP contribution in [0.3, 0.4) is 0 Å². The first-order valence-corrected chi connectivity index (χ1v) is 11.7. The largest absolute Gasteiger partial charge is 0.418 e. The molecule has 0 atom stereocenters. The number of hydrogen-bond donors (Lipinski definition) is 1. The van der Waals surface area contributed by atoms with Gasteiger partial charge in [0.25, 0.3) is 21.5 Å². The molecule has 176 valence electrons. The molecule has 1 aliphatic rings. The van der Waals surface area contributed by atoms with Crippen LogP contribution in [-0.2, 0) is 21.0 Å². The van der Waals surface area contributed by atoms with Gasteiger partial charge in [0, 0.05) is 18.3 Å². The maximum Gasteiger partial charge on any atom is 0.418 e. The number of halogens is 3. The van der Waals surface area contributed by atoms with Crippen LogP contribution in [0.5, 0.6) is 0 Å². The van der Waals surface area contributed by atoms with E-state index in [1.807, 2.05) is 0 Å². The number of amides is 1. The van der Waals surface area contributed by atoms with Crippen LogP contribution >= 0.6 is 0 Å². The quantitative estimate of drug-likeness (QED) is 0.597. The van der Waals surface area contributed by atoms with Crippen LogP contribution in [0, 0.1) is 5.92 Å². The van der Waals surface area contributed by atoms with Gasteiger partial charge in [-0.1, -0.05) is 12.8 Å². The average Bonchev–Trinajstić information content (AvgIpc) is 3.42. The van der Waals surface area contributed by atoms with E-state index in [-0.39, 0.29) is 9.09 Å². The molecule has 4 rings (SSSR count). The summed E-state index contributed by atoms with van der Waals surface area (Å²) in [5.41, 5.74) is -4.67. The third kappa shape index (κ3) is 4.05. The molecule has 1 amide bonds. The average molecular weight is 485 g/mol. The van der Waals surface area contributed by atoms with E-state index in [4.69, 9.17) is 0 Å². The van der Waals surface area contributed by atoms with Gasteiger partial charge < -0.3 is 9.55 Å². The fourth-order valence-corrected chi connectivity index (χ4v) is 4.91. The second-order valence-electron chi connectivity index (χ2n) is 7.76. The zero-order valence-corrected chi connectivity index (χ0v) is 18.0. The minimum Gasteiger partial charge on any atom is -0.306 e. The molecule has 0 aliphatic heterocycles. The van der Waals surface area contributed by atoms with Crippen molar-refractivity contribution in [2.45, 2.75) is 31.9 Å². The molecule has 1 fully saturated rings. The highest BCUT2D eigenvalue weighted by Crippen LogP contribution is 2.35. The van der Waals surface area contributed by atoms with Crippen LogP contribution < -0.4 is 15.7 Å². The molecule has 0 spiro atoms. The first kappa shape index (κ1) is 22.8. The van der Waals surface area contributed by atoms with Gasteiger partial charge in [-0.3, -0.25) is 9.59 Å². The third-order valence-electron chi connectivity index (χ3n) is 5.47. The standard InChI is InChI=1S/C19H18F3N5O5S/c1-33(31,32)27(16(28)11-4-2-3-5-11)26-17(29)12-8-15(25-7-6-23-10-25)13(19(20,21)22)9-14(12)24-18(26)30/h6-11H,2-5H2,1H3,(H,24,30). The van der Waals surface area contributed by atoms with Crippen molar-refractivity contribution in [3.63, 3.8) is 0 Å². The molecule has 0 bridgehead atoms. The van der Waals surface area contributed by atoms with E-state index in [1.165, 1.54) is 12.4 Å². The summed E-state index contributed by atoms with van der Waals surface area (Å²) in [4.78, 5) is 44.7. The van der Waals surface area contributed by atoms with Crippen molar-refractivity contribution in [1.82, 2.24) is 19.2 Å². The van der Waals surface area contributed by atoms with Gasteiger partial charge in [0.05, 0.1) is 34.7 Å². The number of H-pyrrole nitrogens is 1. The summed E-state index contributed by atoms with van der Waals surface area (Å²) in [6.45, 7) is 0. The number of imidazole rings is 1. The van der Waals surface area contributed by atoms with Crippen molar-refractivity contribution in [2.24, 2.45) is 5.92 Å². The highest BCUT2D eigenvalue weighted by atomic mass is 32.2. The Morgan fingerprint density at radius 2 is 1.88 bits per heavy atom. The predicted molar refractivity (Wildman–Crippen MR) is 111 cm³/mol. The van der Waals surface area contributed by atoms with E-state index >= 15 is 0 Å². The molecule has 3 aromatic rings. The van der Waals surface area contributed by atoms with Crippen LogP contribution in [-0.4, -0.2) is 39.8 Å². The Balaban J connectivity index is 2.02. The fraction of sp³-hybridized carbons (Fsp3) is 0.368. The SMILES string of the molecule is CS(=O)(=O)N(C(=O)C1CCCC1)n1c(=O)[nH]c2cc(C(F)(F)F)c(-n3ccnc3)cc2c1=O. The highest BCUT2D eigenvalue weighted by molar-refractivity contribution is 7.92. The second kappa shape index (κ2) is 7.86. The van der Waals surface area contributed by atoms with Crippen molar-refractivity contribution in [3.8, 4) is 5.69 Å². The van der Waals surface area contributed by atoms with Gasteiger partial charge in [-0.2, -0.15) is 13.2 Å². The number of fused-ring (bicyclic) bond motifs is 1. The lowest BCUT2D eigenvalue weighted by molar-refractivity contribution is -0.137. The van der Waals surface area contributed by atoms with Crippen LogP contribution in [0.2, 0.25) is 0 Å². The topological polar surface area (TPSA) is 127 Å². The number of benzene rings is 1. The highest BCUT2D eigenvalue weighted by Gasteiger charge is 2.37. The number of hydrogen-bond acceptors (Lipinski definition) is 6. The zero-order chi connectivity index (χ0) is 24.1. The summed E-state index contributed by atoms with van der Waals surface area (Å²) in [5, 5.41) is -0.417. The fourth-order valence-electron chi connectivity index (χ4n) is 3.99. The Morgan fingerprint density at radius 3 is 2.42 bits per heavy atom. The lowest BCUT2D eigenvalue weighted by atomic mass is 10.1. The van der Waals surface area contributed by atoms with Crippen molar-refractivity contribution >= 4 is 26.8 Å². The van der Waals surface area contributed by atoms with E-state index in [1.54, 1.807) is 0 Å². The summed E-state index contributed by atoms with van der Waals surface area (Å²) in [7, 11) is -4.42. The Labute approximate surface area is 184 Å². The van der Waals surface area contributed by atoms with E-state index in [9.17, 15) is 36.0 Å². The third-order valence-corrected chi connectivity index (χ3v) is 6.44. The molecule has 1 aromatic carbocycles. The molecular weight excluding hydrogens is 467 g/mol. The maximum absolute atomic E-state index is 13.7. The molecule has 0 saturated heterocycles. The first-order chi connectivity index (χ1) is 15.4. The summed E-state index contributed by atoms with van der Waals surface area (Å²) < 4.78 is 67.2. The predicted octanol–water partition coefficient (Wildman–Crippen LogP) is 1.51. The van der Waals surface area contributed by atoms with Crippen LogP contribution in [0.15, 0.2) is 40.4 Å². The summed E-state index contributed by atoms with van der Waals surface area (Å²) in [6, 6.07) is 1.45. The number of alkyl halides is 3. The lowest BCUT2D eigenvalue weighted by Crippen LogP contribution is -2.57. The smallest absolute Gasteiger partial charge is 0.306 e. The summed E-state index contributed by atoms with van der Waals surface area (Å²) in [5.74, 6) is -1.64. The maximum atomic E-state index is 13.7. The number of aromatic amines is 1. The molecule has 1 aliphatic carbocycles. The number of carbonyl (C=O) groups excluding carboxylic acids is 1. The van der Waals surface area contributed by atoms with Crippen LogP contribution in [0.1, 0.15) is 31.2 Å². The Bertz CT molecular complexity index is 1450. The number of rotatable bonds is 4. The zero-order valence-electron chi connectivity index (χ0n) is 17.2. The van der Waals surface area contributed by atoms with E-state index in [2.05, 4.69) is 9.97 Å². The number of sulfonamides is 1. The lowest BCUT2D eigenvalue weighted by Gasteiger charge is -2.24. The normalized spacial score (nSPS) is 15.3. The molecule has 1 N–H and O–H groups in total. The van der Waals surface area contributed by atoms with Gasteiger partial charge >= 0.3 is 11.9 Å². The van der Waals surface area contributed by atoms with E-state index in [0.717, 1.165) is 17.0 Å². The van der Waals surface area contributed by atoms with Crippen molar-refractivity contribution < 1.29 is 26.4 Å². The van der Waals surface area contributed by atoms with Crippen LogP contribution in [0.4, 0.5) is 13.2 Å². The number of carbonyl (C=O) groups is 1. The van der Waals surface area contributed by atoms with Gasteiger partial charge in [-0.05, 0) is 25.0 Å². The van der Waals surface area contributed by atoms with Crippen molar-refractivity contribution in [1.29, 1.82) is 0 Å².